The maximum atomic E-state index is 12.2. The fourth-order valence-electron chi connectivity index (χ4n) is 2.82. The number of unbranched alkanes of at least 4 members (excludes halogenated alkanes) is 2. The average Bonchev–Trinajstić information content (AvgIpc) is 2.70. The summed E-state index contributed by atoms with van der Waals surface area (Å²) in [5, 5.41) is -1.95. The standard InChI is InChI=1S/C20H38O7S.2Na.H2O4S/c1-5-9-11-16(7-3)14-26-19(21)13-18(28(23,24)25)20(22)27-15-17(8-4)12-10-6-2;;;1-5(2,3)4/h16-18H,5-15H2,1-4H3,(H,23,24,25);;;(H2,1,2,3,4)/q;2*+1;/p-2. The molecule has 11 nitrogen and oxygen atoms in total. The fraction of sp³-hybridized carbons (Fsp3) is 0.900. The monoisotopic (exact) mass is 564 g/mol. The van der Waals surface area contributed by atoms with E-state index in [0.29, 0.717) is 0 Å². The van der Waals surface area contributed by atoms with Crippen molar-refractivity contribution in [3.63, 3.8) is 0 Å². The normalized spacial score (nSPS) is 13.6. The number of esters is 2. The van der Waals surface area contributed by atoms with Gasteiger partial charge in [-0.2, -0.15) is 8.42 Å². The van der Waals surface area contributed by atoms with Gasteiger partial charge in [0.05, 0.1) is 19.6 Å². The van der Waals surface area contributed by atoms with Crippen LogP contribution in [0.25, 0.3) is 0 Å². The first-order chi connectivity index (χ1) is 15.2. The van der Waals surface area contributed by atoms with Crippen molar-refractivity contribution in [2.45, 2.75) is 90.7 Å². The van der Waals surface area contributed by atoms with Crippen LogP contribution in [-0.2, 0) is 39.6 Å². The summed E-state index contributed by atoms with van der Waals surface area (Å²) in [6.07, 6.45) is 6.74. The van der Waals surface area contributed by atoms with Gasteiger partial charge in [-0.1, -0.05) is 66.2 Å². The molecule has 0 aliphatic carbocycles. The summed E-state index contributed by atoms with van der Waals surface area (Å²) in [4.78, 5) is 24.2. The molecule has 0 saturated heterocycles. The summed E-state index contributed by atoms with van der Waals surface area (Å²) >= 11 is 0. The van der Waals surface area contributed by atoms with Gasteiger partial charge < -0.3 is 18.6 Å². The summed E-state index contributed by atoms with van der Waals surface area (Å²) in [7, 11) is -9.93. The molecule has 0 saturated carbocycles. The Bertz CT molecular complexity index is 751. The van der Waals surface area contributed by atoms with Crippen molar-refractivity contribution < 1.29 is 109 Å². The average molecular weight is 565 g/mol. The van der Waals surface area contributed by atoms with Gasteiger partial charge in [-0.15, -0.1) is 0 Å². The number of carbonyl (C=O) groups excluding carboxylic acids is 2. The molecule has 3 atom stereocenters. The molecule has 3 unspecified atom stereocenters. The van der Waals surface area contributed by atoms with Crippen LogP contribution in [0.3, 0.4) is 0 Å². The first-order valence-electron chi connectivity index (χ1n) is 11.1. The third-order valence-corrected chi connectivity index (χ3v) is 6.08. The molecule has 0 heterocycles. The van der Waals surface area contributed by atoms with Crippen molar-refractivity contribution in [3.8, 4) is 0 Å². The molecule has 0 aliphatic rings. The second kappa shape index (κ2) is 23.8. The van der Waals surface area contributed by atoms with Crippen molar-refractivity contribution in [3.05, 3.63) is 0 Å². The van der Waals surface area contributed by atoms with Gasteiger partial charge in [-0.05, 0) is 24.7 Å². The summed E-state index contributed by atoms with van der Waals surface area (Å²) in [6, 6.07) is 0. The van der Waals surface area contributed by atoms with Gasteiger partial charge in [0.2, 0.25) is 0 Å². The van der Waals surface area contributed by atoms with E-state index in [-0.39, 0.29) is 84.2 Å². The maximum absolute atomic E-state index is 12.2. The van der Waals surface area contributed by atoms with E-state index < -0.39 is 44.1 Å². The molecule has 1 N–H and O–H groups in total. The molecular weight excluding hydrogens is 526 g/mol. The predicted molar refractivity (Wildman–Crippen MR) is 119 cm³/mol. The minimum absolute atomic E-state index is 0. The van der Waals surface area contributed by atoms with Gasteiger partial charge in [-0.25, -0.2) is 0 Å². The number of rotatable bonds is 16. The molecule has 0 radical (unpaired) electrons. The van der Waals surface area contributed by atoms with E-state index in [2.05, 4.69) is 13.8 Å². The molecule has 0 aromatic carbocycles. The zero-order chi connectivity index (χ0) is 26.1. The molecule has 0 bridgehead atoms. The summed E-state index contributed by atoms with van der Waals surface area (Å²) in [5.74, 6) is -1.61. The van der Waals surface area contributed by atoms with Crippen molar-refractivity contribution in [1.82, 2.24) is 0 Å². The second-order valence-electron chi connectivity index (χ2n) is 7.76. The third kappa shape index (κ3) is 27.6. The van der Waals surface area contributed by atoms with E-state index in [4.69, 9.17) is 27.0 Å². The quantitative estimate of drug-likeness (QED) is 0.0862. The Balaban J connectivity index is -0.000000619. The van der Waals surface area contributed by atoms with Gasteiger partial charge in [0.25, 0.3) is 10.1 Å². The van der Waals surface area contributed by atoms with Gasteiger partial charge >= 0.3 is 71.1 Å². The number of hydrogen-bond acceptors (Lipinski definition) is 10. The van der Waals surface area contributed by atoms with Crippen molar-refractivity contribution in [2.24, 2.45) is 11.8 Å². The minimum Gasteiger partial charge on any atom is -0.759 e. The first kappa shape index (κ1) is 42.8. The SMILES string of the molecule is CCCCC(CC)COC(=O)CC(C(=O)OCC(CC)CCCC)S(=O)(=O)O.O=S(=O)([O-])[O-].[Na+].[Na+]. The topological polar surface area (TPSA) is 187 Å². The van der Waals surface area contributed by atoms with E-state index in [0.717, 1.165) is 51.4 Å². The fourth-order valence-corrected chi connectivity index (χ4v) is 3.48. The molecule has 0 aromatic rings. The zero-order valence-electron chi connectivity index (χ0n) is 21.9. The smallest absolute Gasteiger partial charge is 0.759 e. The van der Waals surface area contributed by atoms with Crippen LogP contribution in [0.5, 0.6) is 0 Å². The van der Waals surface area contributed by atoms with Gasteiger partial charge in [0, 0.05) is 10.4 Å². The van der Waals surface area contributed by atoms with Crippen molar-refractivity contribution in [2.75, 3.05) is 13.2 Å². The second-order valence-corrected chi connectivity index (χ2v) is 10.2. The van der Waals surface area contributed by atoms with Gasteiger partial charge in [0.15, 0.2) is 5.25 Å². The van der Waals surface area contributed by atoms with Crippen LogP contribution >= 0.6 is 0 Å². The molecule has 0 spiro atoms. The van der Waals surface area contributed by atoms with Crippen LogP contribution in [0.4, 0.5) is 0 Å². The predicted octanol–water partition coefficient (Wildman–Crippen LogP) is -3.18. The Morgan fingerprint density at radius 1 is 0.800 bits per heavy atom. The van der Waals surface area contributed by atoms with Crippen LogP contribution in [0.2, 0.25) is 0 Å². The van der Waals surface area contributed by atoms with Gasteiger partial charge in [0.1, 0.15) is 0 Å². The summed E-state index contributed by atoms with van der Waals surface area (Å²) in [6.45, 7) is 8.35. The first-order valence-corrected chi connectivity index (χ1v) is 14.0. The Morgan fingerprint density at radius 2 is 1.17 bits per heavy atom. The van der Waals surface area contributed by atoms with E-state index in [9.17, 15) is 22.6 Å². The summed E-state index contributed by atoms with van der Waals surface area (Å²) < 4.78 is 76.8. The van der Waals surface area contributed by atoms with Crippen LogP contribution in [0.15, 0.2) is 0 Å². The minimum atomic E-state index is -5.17. The van der Waals surface area contributed by atoms with Crippen LogP contribution in [-0.4, -0.2) is 60.9 Å². The maximum Gasteiger partial charge on any atom is 1.00 e. The summed E-state index contributed by atoms with van der Waals surface area (Å²) in [5.41, 5.74) is 0. The number of hydrogen-bond donors (Lipinski definition) is 1. The van der Waals surface area contributed by atoms with Crippen molar-refractivity contribution in [1.29, 1.82) is 0 Å². The Labute approximate surface area is 254 Å². The van der Waals surface area contributed by atoms with Crippen LogP contribution in [0.1, 0.15) is 85.5 Å². The number of carbonyl (C=O) groups is 2. The Hall–Kier alpha value is 0.720. The van der Waals surface area contributed by atoms with Crippen LogP contribution in [0, 0.1) is 11.8 Å². The molecule has 0 rings (SSSR count). The van der Waals surface area contributed by atoms with Gasteiger partial charge in [-0.3, -0.25) is 22.6 Å². The number of ether oxygens (including phenoxy) is 2. The molecule has 15 heteroatoms. The molecule has 0 amide bonds. The Kier molecular flexibility index (Phi) is 29.1. The largest absolute Gasteiger partial charge is 1.00 e. The Morgan fingerprint density at radius 3 is 1.49 bits per heavy atom. The molecule has 35 heavy (non-hydrogen) atoms. The van der Waals surface area contributed by atoms with Crippen LogP contribution < -0.4 is 59.1 Å². The van der Waals surface area contributed by atoms with E-state index in [1.54, 1.807) is 0 Å². The molecule has 0 aliphatic heterocycles. The molecule has 0 fully saturated rings. The third-order valence-electron chi connectivity index (χ3n) is 5.00. The van der Waals surface area contributed by atoms with E-state index in [1.165, 1.54) is 0 Å². The van der Waals surface area contributed by atoms with E-state index in [1.807, 2.05) is 13.8 Å². The molecular formula is C20H38Na2O11S2. The van der Waals surface area contributed by atoms with Crippen molar-refractivity contribution >= 4 is 32.5 Å². The van der Waals surface area contributed by atoms with E-state index >= 15 is 0 Å². The zero-order valence-corrected chi connectivity index (χ0v) is 27.5. The molecule has 0 aromatic heterocycles. The molecule has 198 valence electrons.